The van der Waals surface area contributed by atoms with E-state index in [9.17, 15) is 8.42 Å². The first-order chi connectivity index (χ1) is 11.0. The van der Waals surface area contributed by atoms with Crippen LogP contribution >= 0.6 is 11.6 Å². The van der Waals surface area contributed by atoms with Gasteiger partial charge in [0.05, 0.1) is 11.4 Å². The molecule has 0 unspecified atom stereocenters. The molecular weight excluding hydrogens is 330 g/mol. The van der Waals surface area contributed by atoms with Crippen LogP contribution in [0.1, 0.15) is 24.5 Å². The van der Waals surface area contributed by atoms with Crippen LogP contribution < -0.4 is 4.72 Å². The van der Waals surface area contributed by atoms with E-state index in [1.807, 2.05) is 18.2 Å². The number of nitrogens with one attached hydrogen (secondary N) is 1. The van der Waals surface area contributed by atoms with Crippen molar-refractivity contribution in [2.75, 3.05) is 6.54 Å². The first-order valence-corrected chi connectivity index (χ1v) is 9.20. The second kappa shape index (κ2) is 8.16. The zero-order valence-electron chi connectivity index (χ0n) is 12.8. The van der Waals surface area contributed by atoms with E-state index >= 15 is 0 Å². The predicted octanol–water partition coefficient (Wildman–Crippen LogP) is 3.62. The van der Waals surface area contributed by atoms with E-state index in [1.54, 1.807) is 30.3 Å². The van der Waals surface area contributed by atoms with Crippen LogP contribution in [0.5, 0.6) is 0 Å². The average molecular weight is 348 g/mol. The van der Waals surface area contributed by atoms with Crippen LogP contribution in [0.3, 0.4) is 0 Å². The lowest BCUT2D eigenvalue weighted by Gasteiger charge is -2.05. The van der Waals surface area contributed by atoms with E-state index in [0.29, 0.717) is 5.02 Å². The zero-order valence-corrected chi connectivity index (χ0v) is 14.4. The summed E-state index contributed by atoms with van der Waals surface area (Å²) in [5.41, 5.74) is 1.88. The van der Waals surface area contributed by atoms with Gasteiger partial charge in [0.2, 0.25) is 10.0 Å². The van der Waals surface area contributed by atoms with Crippen molar-refractivity contribution in [1.29, 1.82) is 0 Å². The number of halogens is 1. The molecule has 0 saturated carbocycles. The molecule has 5 heteroatoms. The fourth-order valence-electron chi connectivity index (χ4n) is 2.05. The van der Waals surface area contributed by atoms with Crippen molar-refractivity contribution in [2.24, 2.45) is 0 Å². The molecule has 2 aromatic carbocycles. The largest absolute Gasteiger partial charge is 0.241 e. The summed E-state index contributed by atoms with van der Waals surface area (Å²) in [6, 6.07) is 14.0. The van der Waals surface area contributed by atoms with Crippen LogP contribution in [0.4, 0.5) is 0 Å². The van der Waals surface area contributed by atoms with Gasteiger partial charge in [0.15, 0.2) is 0 Å². The number of sulfonamides is 1. The highest BCUT2D eigenvalue weighted by Gasteiger charge is 2.12. The first kappa shape index (κ1) is 17.6. The molecule has 0 fully saturated rings. The quantitative estimate of drug-likeness (QED) is 0.840. The molecule has 0 atom stereocenters. The van der Waals surface area contributed by atoms with Gasteiger partial charge >= 0.3 is 0 Å². The lowest BCUT2D eigenvalue weighted by atomic mass is 10.1. The van der Waals surface area contributed by atoms with Gasteiger partial charge in [0, 0.05) is 10.6 Å². The average Bonchev–Trinajstić information content (AvgIpc) is 2.53. The first-order valence-electron chi connectivity index (χ1n) is 7.34. The second-order valence-electron chi connectivity index (χ2n) is 5.03. The van der Waals surface area contributed by atoms with Crippen LogP contribution in [0, 0.1) is 11.8 Å². The summed E-state index contributed by atoms with van der Waals surface area (Å²) in [5, 5.41) is 0.601. The molecule has 3 nitrogen and oxygen atoms in total. The Morgan fingerprint density at radius 3 is 2.52 bits per heavy atom. The summed E-state index contributed by atoms with van der Waals surface area (Å²) in [6.07, 6.45) is 1.97. The van der Waals surface area contributed by atoms with Gasteiger partial charge in [0.25, 0.3) is 0 Å². The summed E-state index contributed by atoms with van der Waals surface area (Å²) in [4.78, 5) is 0.252. The molecule has 0 saturated heterocycles. The standard InChI is InChI=1S/C18H18ClNO2S/c1-2-5-15-9-11-18(12-10-15)23(21,22)20-13-4-7-16-6-3-8-17(19)14-16/h3,6,8-12,14,20H,2,5,13H2,1H3. The molecule has 0 amide bonds. The Kier molecular flexibility index (Phi) is 6.23. The molecule has 1 N–H and O–H groups in total. The molecule has 23 heavy (non-hydrogen) atoms. The van der Waals surface area contributed by atoms with Gasteiger partial charge in [0.1, 0.15) is 0 Å². The highest BCUT2D eigenvalue weighted by Crippen LogP contribution is 2.12. The number of hydrogen-bond donors (Lipinski definition) is 1. The monoisotopic (exact) mass is 347 g/mol. The minimum Gasteiger partial charge on any atom is -0.207 e. The van der Waals surface area contributed by atoms with Gasteiger partial charge in [-0.05, 0) is 42.3 Å². The molecule has 2 aromatic rings. The van der Waals surface area contributed by atoms with Gasteiger partial charge < -0.3 is 0 Å². The molecule has 0 aliphatic carbocycles. The third-order valence-corrected chi connectivity index (χ3v) is 4.83. The van der Waals surface area contributed by atoms with Crippen molar-refractivity contribution < 1.29 is 8.42 Å². The summed E-state index contributed by atoms with van der Waals surface area (Å²) in [5.74, 6) is 5.66. The summed E-state index contributed by atoms with van der Waals surface area (Å²) in [6.45, 7) is 2.14. The molecule has 0 bridgehead atoms. The summed E-state index contributed by atoms with van der Waals surface area (Å²) in [7, 11) is -3.53. The Labute approximate surface area is 142 Å². The predicted molar refractivity (Wildman–Crippen MR) is 94.0 cm³/mol. The smallest absolute Gasteiger partial charge is 0.207 e. The Balaban J connectivity index is 1.99. The maximum Gasteiger partial charge on any atom is 0.241 e. The Bertz CT molecular complexity index is 818. The molecule has 0 aromatic heterocycles. The molecule has 0 aliphatic heterocycles. The lowest BCUT2D eigenvalue weighted by molar-refractivity contribution is 0.586. The third-order valence-electron chi connectivity index (χ3n) is 3.18. The van der Waals surface area contributed by atoms with Crippen LogP contribution in [-0.2, 0) is 16.4 Å². The molecule has 120 valence electrons. The highest BCUT2D eigenvalue weighted by molar-refractivity contribution is 7.89. The molecule has 0 spiro atoms. The normalized spacial score (nSPS) is 10.9. The number of benzene rings is 2. The maximum atomic E-state index is 12.2. The number of rotatable bonds is 5. The fourth-order valence-corrected chi connectivity index (χ4v) is 3.16. The Morgan fingerprint density at radius 1 is 1.13 bits per heavy atom. The van der Waals surface area contributed by atoms with Crippen LogP contribution in [-0.4, -0.2) is 15.0 Å². The second-order valence-corrected chi connectivity index (χ2v) is 7.23. The van der Waals surface area contributed by atoms with Gasteiger partial charge in [-0.15, -0.1) is 0 Å². The van der Waals surface area contributed by atoms with Crippen molar-refractivity contribution in [1.82, 2.24) is 4.72 Å². The number of aryl methyl sites for hydroxylation is 1. The highest BCUT2D eigenvalue weighted by atomic mass is 35.5. The molecular formula is C18H18ClNO2S. The van der Waals surface area contributed by atoms with Crippen molar-refractivity contribution in [3.05, 3.63) is 64.7 Å². The SMILES string of the molecule is CCCc1ccc(S(=O)(=O)NCC#Cc2cccc(Cl)c2)cc1. The third kappa shape index (κ3) is 5.40. The molecule has 0 radical (unpaired) electrons. The minimum atomic E-state index is -3.53. The summed E-state index contributed by atoms with van der Waals surface area (Å²) >= 11 is 5.87. The van der Waals surface area contributed by atoms with Crippen molar-refractivity contribution in [2.45, 2.75) is 24.7 Å². The van der Waals surface area contributed by atoms with Crippen LogP contribution in [0.2, 0.25) is 5.02 Å². The Hall–Kier alpha value is -1.80. The zero-order chi connectivity index (χ0) is 16.7. The molecule has 2 rings (SSSR count). The van der Waals surface area contributed by atoms with Gasteiger partial charge in [-0.1, -0.05) is 55.0 Å². The van der Waals surface area contributed by atoms with E-state index in [1.165, 1.54) is 0 Å². The lowest BCUT2D eigenvalue weighted by Crippen LogP contribution is -2.24. The Morgan fingerprint density at radius 2 is 1.87 bits per heavy atom. The van der Waals surface area contributed by atoms with Crippen LogP contribution in [0.25, 0.3) is 0 Å². The van der Waals surface area contributed by atoms with E-state index in [-0.39, 0.29) is 11.4 Å². The maximum absolute atomic E-state index is 12.2. The van der Waals surface area contributed by atoms with E-state index < -0.39 is 10.0 Å². The van der Waals surface area contributed by atoms with Crippen molar-refractivity contribution in [3.8, 4) is 11.8 Å². The van der Waals surface area contributed by atoms with E-state index in [2.05, 4.69) is 23.5 Å². The van der Waals surface area contributed by atoms with Crippen molar-refractivity contribution in [3.63, 3.8) is 0 Å². The topological polar surface area (TPSA) is 46.2 Å². The fraction of sp³-hybridized carbons (Fsp3) is 0.222. The molecule has 0 heterocycles. The van der Waals surface area contributed by atoms with Crippen molar-refractivity contribution >= 4 is 21.6 Å². The van der Waals surface area contributed by atoms with Gasteiger partial charge in [-0.2, -0.15) is 4.72 Å². The molecule has 0 aliphatic rings. The van der Waals surface area contributed by atoms with Crippen LogP contribution in [0.15, 0.2) is 53.4 Å². The van der Waals surface area contributed by atoms with E-state index in [0.717, 1.165) is 24.0 Å². The number of hydrogen-bond acceptors (Lipinski definition) is 2. The van der Waals surface area contributed by atoms with E-state index in [4.69, 9.17) is 11.6 Å². The van der Waals surface area contributed by atoms with Gasteiger partial charge in [-0.3, -0.25) is 0 Å². The van der Waals surface area contributed by atoms with Gasteiger partial charge in [-0.25, -0.2) is 8.42 Å². The summed E-state index contributed by atoms with van der Waals surface area (Å²) < 4.78 is 26.8. The minimum absolute atomic E-state index is 0.0472.